The predicted octanol–water partition coefficient (Wildman–Crippen LogP) is 4.41. The molecule has 0 spiro atoms. The zero-order valence-corrected chi connectivity index (χ0v) is 18.7. The summed E-state index contributed by atoms with van der Waals surface area (Å²) in [7, 11) is 1.32. The standard InChI is InChI=1S/C24H19BrN2O5/c1-31-24(30)17-4-2-3-15(11-17)13-27-20-12-19(9-10-21(20)32-14-22(27)28)26-23(29)16-5-7-18(25)8-6-16/h2-12H,13-14H2,1H3,(H,26,29). The lowest BCUT2D eigenvalue weighted by atomic mass is 10.1. The van der Waals surface area contributed by atoms with Crippen molar-refractivity contribution in [2.75, 3.05) is 23.9 Å². The fraction of sp³-hybridized carbons (Fsp3) is 0.125. The molecule has 1 N–H and O–H groups in total. The number of benzene rings is 3. The van der Waals surface area contributed by atoms with Gasteiger partial charge in [0.05, 0.1) is 24.9 Å². The summed E-state index contributed by atoms with van der Waals surface area (Å²) in [4.78, 5) is 38.6. The fourth-order valence-corrected chi connectivity index (χ4v) is 3.62. The third-order valence-electron chi connectivity index (χ3n) is 4.95. The van der Waals surface area contributed by atoms with Crippen LogP contribution in [0.5, 0.6) is 5.75 Å². The number of rotatable bonds is 5. The number of halogens is 1. The first-order valence-electron chi connectivity index (χ1n) is 9.76. The minimum atomic E-state index is -0.446. The molecule has 0 unspecified atom stereocenters. The van der Waals surface area contributed by atoms with Gasteiger partial charge in [-0.25, -0.2) is 4.79 Å². The molecule has 1 aliphatic rings. The van der Waals surface area contributed by atoms with Crippen LogP contribution < -0.4 is 15.0 Å². The van der Waals surface area contributed by atoms with E-state index < -0.39 is 5.97 Å². The maximum absolute atomic E-state index is 12.6. The van der Waals surface area contributed by atoms with E-state index in [0.29, 0.717) is 28.3 Å². The molecule has 162 valence electrons. The van der Waals surface area contributed by atoms with Crippen LogP contribution in [0.25, 0.3) is 0 Å². The number of fused-ring (bicyclic) bond motifs is 1. The maximum atomic E-state index is 12.6. The molecule has 4 rings (SSSR count). The topological polar surface area (TPSA) is 84.9 Å². The molecule has 1 aliphatic heterocycles. The Kier molecular flexibility index (Phi) is 6.23. The number of carbonyl (C=O) groups excluding carboxylic acids is 3. The minimum absolute atomic E-state index is 0.0890. The fourth-order valence-electron chi connectivity index (χ4n) is 3.35. The van der Waals surface area contributed by atoms with Crippen molar-refractivity contribution < 1.29 is 23.9 Å². The Morgan fingerprint density at radius 1 is 1.06 bits per heavy atom. The first-order chi connectivity index (χ1) is 15.4. The van der Waals surface area contributed by atoms with E-state index in [9.17, 15) is 14.4 Å². The van der Waals surface area contributed by atoms with Gasteiger partial charge in [0, 0.05) is 15.7 Å². The van der Waals surface area contributed by atoms with Crippen molar-refractivity contribution in [1.82, 2.24) is 0 Å². The molecule has 0 atom stereocenters. The number of amides is 2. The SMILES string of the molecule is COC(=O)c1cccc(CN2C(=O)COc3ccc(NC(=O)c4ccc(Br)cc4)cc32)c1. The summed E-state index contributed by atoms with van der Waals surface area (Å²) in [5.74, 6) is -0.399. The summed E-state index contributed by atoms with van der Waals surface area (Å²) in [6.45, 7) is 0.151. The van der Waals surface area contributed by atoms with Gasteiger partial charge in [-0.3, -0.25) is 9.59 Å². The molecule has 3 aromatic carbocycles. The lowest BCUT2D eigenvalue weighted by molar-refractivity contribution is -0.121. The van der Waals surface area contributed by atoms with E-state index >= 15 is 0 Å². The first kappa shape index (κ1) is 21.6. The number of hydrogen-bond donors (Lipinski definition) is 1. The number of methoxy groups -OCH3 is 1. The number of ether oxygens (including phenoxy) is 2. The predicted molar refractivity (Wildman–Crippen MR) is 123 cm³/mol. The summed E-state index contributed by atoms with van der Waals surface area (Å²) in [6, 6.07) is 19.1. The molecule has 3 aromatic rings. The van der Waals surface area contributed by atoms with Crippen LogP contribution in [0.3, 0.4) is 0 Å². The van der Waals surface area contributed by atoms with Crippen LogP contribution in [0.1, 0.15) is 26.3 Å². The van der Waals surface area contributed by atoms with E-state index in [1.807, 2.05) is 6.07 Å². The number of nitrogens with zero attached hydrogens (tertiary/aromatic N) is 1. The van der Waals surface area contributed by atoms with Gasteiger partial charge in [0.25, 0.3) is 11.8 Å². The van der Waals surface area contributed by atoms with Crippen molar-refractivity contribution in [3.05, 3.63) is 87.9 Å². The lowest BCUT2D eigenvalue weighted by Crippen LogP contribution is -2.38. The summed E-state index contributed by atoms with van der Waals surface area (Å²) in [6.07, 6.45) is 0. The Morgan fingerprint density at radius 3 is 2.59 bits per heavy atom. The second kappa shape index (κ2) is 9.23. The van der Waals surface area contributed by atoms with Crippen LogP contribution in [0, 0.1) is 0 Å². The summed E-state index contributed by atoms with van der Waals surface area (Å²) >= 11 is 3.35. The molecular formula is C24H19BrN2O5. The molecule has 0 aliphatic carbocycles. The molecule has 8 heteroatoms. The quantitative estimate of drug-likeness (QED) is 0.530. The third kappa shape index (κ3) is 4.65. The van der Waals surface area contributed by atoms with Crippen LogP contribution in [0.15, 0.2) is 71.2 Å². The van der Waals surface area contributed by atoms with E-state index in [-0.39, 0.29) is 25.0 Å². The van der Waals surface area contributed by atoms with E-state index in [1.165, 1.54) is 7.11 Å². The van der Waals surface area contributed by atoms with Crippen molar-refractivity contribution >= 4 is 45.1 Å². The third-order valence-corrected chi connectivity index (χ3v) is 5.48. The summed E-state index contributed by atoms with van der Waals surface area (Å²) in [5.41, 5.74) is 2.75. The van der Waals surface area contributed by atoms with Crippen LogP contribution in [0.2, 0.25) is 0 Å². The van der Waals surface area contributed by atoms with Crippen LogP contribution >= 0.6 is 15.9 Å². The molecule has 1 heterocycles. The second-order valence-corrected chi connectivity index (χ2v) is 8.02. The molecule has 0 saturated carbocycles. The van der Waals surface area contributed by atoms with Crippen molar-refractivity contribution in [3.8, 4) is 5.75 Å². The van der Waals surface area contributed by atoms with Crippen LogP contribution in [-0.4, -0.2) is 31.5 Å². The average molecular weight is 495 g/mol. The monoisotopic (exact) mass is 494 g/mol. The lowest BCUT2D eigenvalue weighted by Gasteiger charge is -2.30. The number of carbonyl (C=O) groups is 3. The Hall–Kier alpha value is -3.65. The molecule has 0 saturated heterocycles. The van der Waals surface area contributed by atoms with Crippen LogP contribution in [0.4, 0.5) is 11.4 Å². The highest BCUT2D eigenvalue weighted by atomic mass is 79.9. The van der Waals surface area contributed by atoms with Crippen molar-refractivity contribution in [1.29, 1.82) is 0 Å². The van der Waals surface area contributed by atoms with Crippen molar-refractivity contribution in [3.63, 3.8) is 0 Å². The Balaban J connectivity index is 1.59. The number of hydrogen-bond acceptors (Lipinski definition) is 5. The smallest absolute Gasteiger partial charge is 0.337 e. The number of anilines is 2. The van der Waals surface area contributed by atoms with Crippen molar-refractivity contribution in [2.45, 2.75) is 6.54 Å². The number of esters is 1. The molecule has 32 heavy (non-hydrogen) atoms. The normalized spacial score (nSPS) is 12.6. The maximum Gasteiger partial charge on any atom is 0.337 e. The van der Waals surface area contributed by atoms with Crippen molar-refractivity contribution in [2.24, 2.45) is 0 Å². The van der Waals surface area contributed by atoms with Gasteiger partial charge in [0.15, 0.2) is 6.61 Å². The Morgan fingerprint density at radius 2 is 1.84 bits per heavy atom. The first-order valence-corrected chi connectivity index (χ1v) is 10.6. The average Bonchev–Trinajstić information content (AvgIpc) is 2.81. The van der Waals surface area contributed by atoms with E-state index in [4.69, 9.17) is 9.47 Å². The zero-order valence-electron chi connectivity index (χ0n) is 17.1. The van der Waals surface area contributed by atoms with E-state index in [2.05, 4.69) is 21.2 Å². The van der Waals surface area contributed by atoms with Crippen LogP contribution in [-0.2, 0) is 16.1 Å². The molecular weight excluding hydrogens is 476 g/mol. The molecule has 0 bridgehead atoms. The van der Waals surface area contributed by atoms with Gasteiger partial charge in [-0.15, -0.1) is 0 Å². The minimum Gasteiger partial charge on any atom is -0.482 e. The molecule has 2 amide bonds. The van der Waals surface area contributed by atoms with Gasteiger partial charge in [-0.05, 0) is 60.2 Å². The summed E-state index contributed by atoms with van der Waals surface area (Å²) < 4.78 is 11.2. The van der Waals surface area contributed by atoms with Gasteiger partial charge in [-0.2, -0.15) is 0 Å². The highest BCUT2D eigenvalue weighted by Gasteiger charge is 2.26. The molecule has 0 radical (unpaired) electrons. The molecule has 7 nitrogen and oxygen atoms in total. The molecule has 0 aromatic heterocycles. The van der Waals surface area contributed by atoms with Gasteiger partial charge >= 0.3 is 5.97 Å². The highest BCUT2D eigenvalue weighted by Crippen LogP contribution is 2.35. The van der Waals surface area contributed by atoms with E-state index in [1.54, 1.807) is 65.6 Å². The Labute approximate surface area is 193 Å². The van der Waals surface area contributed by atoms with Gasteiger partial charge in [0.2, 0.25) is 0 Å². The van der Waals surface area contributed by atoms with Gasteiger partial charge in [-0.1, -0.05) is 28.1 Å². The largest absolute Gasteiger partial charge is 0.482 e. The molecule has 0 fully saturated rings. The highest BCUT2D eigenvalue weighted by molar-refractivity contribution is 9.10. The van der Waals surface area contributed by atoms with Gasteiger partial charge < -0.3 is 19.7 Å². The second-order valence-electron chi connectivity index (χ2n) is 7.10. The summed E-state index contributed by atoms with van der Waals surface area (Å²) in [5, 5.41) is 2.85. The van der Waals surface area contributed by atoms with Gasteiger partial charge in [0.1, 0.15) is 5.75 Å². The number of nitrogens with one attached hydrogen (secondary N) is 1. The zero-order chi connectivity index (χ0) is 22.7. The van der Waals surface area contributed by atoms with E-state index in [0.717, 1.165) is 10.0 Å². The Bertz CT molecular complexity index is 1190.